The highest BCUT2D eigenvalue weighted by Crippen LogP contribution is 2.40. The minimum Gasteiger partial charge on any atom is -0.475 e. The van der Waals surface area contributed by atoms with Gasteiger partial charge in [-0.3, -0.25) is 9.79 Å². The summed E-state index contributed by atoms with van der Waals surface area (Å²) in [6.07, 6.45) is 4.86. The number of aliphatic imine (C=N–C) groups is 2. The maximum absolute atomic E-state index is 12.4. The molecule has 222 valence electrons. The predicted octanol–water partition coefficient (Wildman–Crippen LogP) is 5.38. The Balaban J connectivity index is 1.42. The fourth-order valence-electron chi connectivity index (χ4n) is 6.64. The number of benzene rings is 2. The second-order valence-corrected chi connectivity index (χ2v) is 12.3. The standard InChI is InChI=1S/C33H34Cl2N6O2/c1-4-28(42)40-14-15-41(20(2)18-40)31-24-16-27(35)30(23-11-5-8-21-9-6-12-26(34)29(21)23)37-32(24)38-33(25(31)17-36)43-19-22-10-7-13-39(22)3/h4-6,8-9,11-12,16,20,22,24,32H,1,7,10,13-15,18-19H2,2-3H3/t20-,22-,24?,32?/m0/s1. The molecule has 0 aliphatic carbocycles. The van der Waals surface area contributed by atoms with Crippen LogP contribution < -0.4 is 0 Å². The SMILES string of the molecule is C=CC(=O)N1CCN(C2=C(C#N)C(OC[C@@H]3CCCN3C)=NC3N=C(c4cccc5cccc(Cl)c45)C(Cl)=CC23)[C@@H](C)C1. The molecule has 6 rings (SSSR count). The van der Waals surface area contributed by atoms with E-state index in [0.717, 1.165) is 41.4 Å². The zero-order valence-electron chi connectivity index (χ0n) is 24.3. The summed E-state index contributed by atoms with van der Waals surface area (Å²) in [6.45, 7) is 8.72. The Labute approximate surface area is 262 Å². The predicted molar refractivity (Wildman–Crippen MR) is 171 cm³/mol. The van der Waals surface area contributed by atoms with Crippen molar-refractivity contribution in [1.82, 2.24) is 14.7 Å². The smallest absolute Gasteiger partial charge is 0.246 e. The Bertz CT molecular complexity index is 1630. The van der Waals surface area contributed by atoms with Crippen molar-refractivity contribution in [3.8, 4) is 6.07 Å². The van der Waals surface area contributed by atoms with Crippen molar-refractivity contribution in [2.75, 3.05) is 39.8 Å². The summed E-state index contributed by atoms with van der Waals surface area (Å²) >= 11 is 13.7. The minimum atomic E-state index is -0.585. The van der Waals surface area contributed by atoms with Crippen LogP contribution in [0.2, 0.25) is 5.02 Å². The fourth-order valence-corrected chi connectivity index (χ4v) is 7.21. The van der Waals surface area contributed by atoms with Gasteiger partial charge in [-0.15, -0.1) is 0 Å². The zero-order chi connectivity index (χ0) is 30.2. The fraction of sp³-hybridized carbons (Fsp3) is 0.394. The van der Waals surface area contributed by atoms with Crippen LogP contribution in [0.15, 0.2) is 81.4 Å². The quantitative estimate of drug-likeness (QED) is 0.421. The molecule has 4 aliphatic rings. The molecule has 1 amide bonds. The largest absolute Gasteiger partial charge is 0.475 e. The Morgan fingerprint density at radius 2 is 1.98 bits per heavy atom. The second kappa shape index (κ2) is 12.2. The van der Waals surface area contributed by atoms with Crippen LogP contribution in [0.1, 0.15) is 25.3 Å². The van der Waals surface area contributed by atoms with Crippen molar-refractivity contribution in [3.63, 3.8) is 0 Å². The van der Waals surface area contributed by atoms with Gasteiger partial charge in [0, 0.05) is 53.4 Å². The molecule has 2 saturated heterocycles. The van der Waals surface area contributed by atoms with Crippen LogP contribution in [0.25, 0.3) is 10.8 Å². The van der Waals surface area contributed by atoms with E-state index in [1.54, 1.807) is 4.90 Å². The number of carbonyl (C=O) groups excluding carboxylic acids is 1. The molecule has 10 heteroatoms. The van der Waals surface area contributed by atoms with Crippen LogP contribution in [0.3, 0.4) is 0 Å². The molecule has 0 aromatic heterocycles. The lowest BCUT2D eigenvalue weighted by Crippen LogP contribution is -2.55. The summed E-state index contributed by atoms with van der Waals surface area (Å²) in [4.78, 5) is 28.7. The first-order valence-corrected chi connectivity index (χ1v) is 15.4. The number of hydrogen-bond donors (Lipinski definition) is 0. The van der Waals surface area contributed by atoms with Gasteiger partial charge in [-0.2, -0.15) is 5.26 Å². The van der Waals surface area contributed by atoms with E-state index in [2.05, 4.69) is 36.4 Å². The monoisotopic (exact) mass is 616 g/mol. The minimum absolute atomic E-state index is 0.0635. The van der Waals surface area contributed by atoms with E-state index in [4.69, 9.17) is 37.9 Å². The number of fused-ring (bicyclic) bond motifs is 2. The Morgan fingerprint density at radius 3 is 2.67 bits per heavy atom. The van der Waals surface area contributed by atoms with Gasteiger partial charge in [0.1, 0.15) is 18.2 Å². The number of nitriles is 1. The average molecular weight is 618 g/mol. The number of allylic oxidation sites excluding steroid dienone is 1. The van der Waals surface area contributed by atoms with Crippen molar-refractivity contribution in [1.29, 1.82) is 5.26 Å². The zero-order valence-corrected chi connectivity index (χ0v) is 25.9. The number of ether oxygens (including phenoxy) is 1. The summed E-state index contributed by atoms with van der Waals surface area (Å²) < 4.78 is 6.36. The summed E-state index contributed by atoms with van der Waals surface area (Å²) in [5.74, 6) is -0.166. The molecule has 2 aromatic carbocycles. The van der Waals surface area contributed by atoms with Crippen LogP contribution in [0.5, 0.6) is 0 Å². The summed E-state index contributed by atoms with van der Waals surface area (Å²) in [5, 5.41) is 13.5. The van der Waals surface area contributed by atoms with Gasteiger partial charge in [0.2, 0.25) is 11.8 Å². The first kappa shape index (κ1) is 29.4. The van der Waals surface area contributed by atoms with Gasteiger partial charge in [0.15, 0.2) is 6.17 Å². The van der Waals surface area contributed by atoms with Crippen LogP contribution in [-0.4, -0.2) is 90.3 Å². The van der Waals surface area contributed by atoms with Crippen LogP contribution in [0.4, 0.5) is 0 Å². The molecule has 0 spiro atoms. The molecule has 2 fully saturated rings. The number of likely N-dealkylation sites (N-methyl/N-ethyl adjacent to an activating group) is 1. The highest BCUT2D eigenvalue weighted by atomic mass is 35.5. The molecule has 4 atom stereocenters. The number of hydrogen-bond acceptors (Lipinski definition) is 7. The summed E-state index contributed by atoms with van der Waals surface area (Å²) in [7, 11) is 2.09. The van der Waals surface area contributed by atoms with Gasteiger partial charge in [-0.1, -0.05) is 66.2 Å². The lowest BCUT2D eigenvalue weighted by atomic mass is 9.88. The lowest BCUT2D eigenvalue weighted by molar-refractivity contribution is -0.128. The van der Waals surface area contributed by atoms with Crippen LogP contribution in [-0.2, 0) is 9.53 Å². The van der Waals surface area contributed by atoms with Crippen LogP contribution >= 0.6 is 23.2 Å². The number of amides is 1. The highest BCUT2D eigenvalue weighted by molar-refractivity contribution is 6.48. The number of halogens is 2. The highest BCUT2D eigenvalue weighted by Gasteiger charge is 2.42. The van der Waals surface area contributed by atoms with E-state index in [9.17, 15) is 10.1 Å². The topological polar surface area (TPSA) is 84.5 Å². The molecule has 4 aliphatic heterocycles. The molecule has 0 bridgehead atoms. The lowest BCUT2D eigenvalue weighted by Gasteiger charge is -2.45. The van der Waals surface area contributed by atoms with E-state index in [0.29, 0.717) is 53.5 Å². The van der Waals surface area contributed by atoms with E-state index in [1.165, 1.54) is 6.08 Å². The maximum Gasteiger partial charge on any atom is 0.246 e. The third-order valence-electron chi connectivity index (χ3n) is 8.90. The van der Waals surface area contributed by atoms with Crippen molar-refractivity contribution in [2.24, 2.45) is 15.9 Å². The van der Waals surface area contributed by atoms with Crippen molar-refractivity contribution < 1.29 is 9.53 Å². The van der Waals surface area contributed by atoms with E-state index in [1.807, 2.05) is 42.5 Å². The molecule has 43 heavy (non-hydrogen) atoms. The van der Waals surface area contributed by atoms with Crippen LogP contribution in [0, 0.1) is 17.2 Å². The number of piperazine rings is 1. The molecule has 0 radical (unpaired) electrons. The second-order valence-electron chi connectivity index (χ2n) is 11.5. The first-order valence-electron chi connectivity index (χ1n) is 14.7. The Morgan fingerprint density at radius 1 is 1.19 bits per heavy atom. The van der Waals surface area contributed by atoms with Crippen molar-refractivity contribution in [2.45, 2.75) is 38.0 Å². The first-order chi connectivity index (χ1) is 20.8. The normalized spacial score (nSPS) is 26.0. The molecule has 0 N–H and O–H groups in total. The number of dihydropyridines is 2. The van der Waals surface area contributed by atoms with E-state index < -0.39 is 6.17 Å². The molecule has 4 heterocycles. The molecule has 2 unspecified atom stereocenters. The van der Waals surface area contributed by atoms with Gasteiger partial charge in [0.05, 0.1) is 16.7 Å². The summed E-state index contributed by atoms with van der Waals surface area (Å²) in [6, 6.07) is 14.3. The van der Waals surface area contributed by atoms with Crippen molar-refractivity contribution >= 4 is 51.5 Å². The molecular weight excluding hydrogens is 583 g/mol. The van der Waals surface area contributed by atoms with Gasteiger partial charge in [0.25, 0.3) is 0 Å². The summed E-state index contributed by atoms with van der Waals surface area (Å²) in [5.41, 5.74) is 2.61. The third kappa shape index (κ3) is 5.46. The molecular formula is C33H34Cl2N6O2. The van der Waals surface area contributed by atoms with Gasteiger partial charge in [-0.05, 0) is 50.9 Å². The third-order valence-corrected chi connectivity index (χ3v) is 9.52. The van der Waals surface area contributed by atoms with Gasteiger partial charge in [-0.25, -0.2) is 4.99 Å². The van der Waals surface area contributed by atoms with E-state index >= 15 is 0 Å². The Hall–Kier alpha value is -3.64. The van der Waals surface area contributed by atoms with Gasteiger partial charge >= 0.3 is 0 Å². The number of rotatable bonds is 5. The van der Waals surface area contributed by atoms with E-state index in [-0.39, 0.29) is 23.9 Å². The number of nitrogens with zero attached hydrogens (tertiary/aromatic N) is 6. The Kier molecular flexibility index (Phi) is 8.32. The molecule has 8 nitrogen and oxygen atoms in total. The molecule has 2 aromatic rings. The molecule has 0 saturated carbocycles. The number of carbonyl (C=O) groups is 1. The maximum atomic E-state index is 12.4. The van der Waals surface area contributed by atoms with Crippen molar-refractivity contribution in [3.05, 3.63) is 82.0 Å². The average Bonchev–Trinajstić information content (AvgIpc) is 3.43. The number of likely N-dealkylation sites (tertiary alicyclic amines) is 1. The van der Waals surface area contributed by atoms with Gasteiger partial charge < -0.3 is 19.4 Å².